The van der Waals surface area contributed by atoms with Gasteiger partial charge in [0, 0.05) is 6.20 Å². The van der Waals surface area contributed by atoms with E-state index in [9.17, 15) is 9.59 Å². The standard InChI is InChI=1S/C13H16N2O4/c1-19-12-9(4-2-7-14-12)11(18)15-13(5-3-6-13)8-10(16)17/h2,4,7H,3,5-6,8H2,1H3,(H,15,18)(H,16,17). The van der Waals surface area contributed by atoms with Crippen LogP contribution in [0.4, 0.5) is 0 Å². The van der Waals surface area contributed by atoms with Gasteiger partial charge in [-0.3, -0.25) is 9.59 Å². The minimum Gasteiger partial charge on any atom is -0.481 e. The minimum atomic E-state index is -0.904. The lowest BCUT2D eigenvalue weighted by molar-refractivity contribution is -0.139. The molecule has 0 radical (unpaired) electrons. The second-order valence-electron chi connectivity index (χ2n) is 4.72. The molecule has 1 aromatic heterocycles. The van der Waals surface area contributed by atoms with Crippen LogP contribution < -0.4 is 10.1 Å². The maximum absolute atomic E-state index is 12.2. The molecule has 6 heteroatoms. The third-order valence-electron chi connectivity index (χ3n) is 3.39. The molecule has 1 amide bonds. The van der Waals surface area contributed by atoms with Gasteiger partial charge in [-0.1, -0.05) is 0 Å². The summed E-state index contributed by atoms with van der Waals surface area (Å²) >= 11 is 0. The summed E-state index contributed by atoms with van der Waals surface area (Å²) in [6.07, 6.45) is 3.78. The summed E-state index contributed by atoms with van der Waals surface area (Å²) in [5.41, 5.74) is -0.300. The van der Waals surface area contributed by atoms with Crippen LogP contribution in [0.2, 0.25) is 0 Å². The van der Waals surface area contributed by atoms with Gasteiger partial charge < -0.3 is 15.2 Å². The summed E-state index contributed by atoms with van der Waals surface area (Å²) in [5.74, 6) is -1.01. The van der Waals surface area contributed by atoms with Crippen molar-refractivity contribution in [1.82, 2.24) is 10.3 Å². The molecule has 1 aliphatic carbocycles. The van der Waals surface area contributed by atoms with Crippen molar-refractivity contribution in [3.05, 3.63) is 23.9 Å². The highest BCUT2D eigenvalue weighted by Crippen LogP contribution is 2.35. The molecule has 19 heavy (non-hydrogen) atoms. The fourth-order valence-electron chi connectivity index (χ4n) is 2.27. The van der Waals surface area contributed by atoms with Crippen molar-refractivity contribution in [3.8, 4) is 5.88 Å². The van der Waals surface area contributed by atoms with Crippen LogP contribution >= 0.6 is 0 Å². The number of amides is 1. The molecule has 1 aromatic rings. The normalized spacial score (nSPS) is 16.3. The molecule has 0 atom stereocenters. The number of carboxylic acid groups (broad SMARTS) is 1. The van der Waals surface area contributed by atoms with Crippen LogP contribution in [0.3, 0.4) is 0 Å². The Morgan fingerprint density at radius 2 is 2.26 bits per heavy atom. The van der Waals surface area contributed by atoms with Crippen molar-refractivity contribution < 1.29 is 19.4 Å². The van der Waals surface area contributed by atoms with E-state index in [1.165, 1.54) is 13.3 Å². The van der Waals surface area contributed by atoms with Crippen molar-refractivity contribution in [2.24, 2.45) is 0 Å². The van der Waals surface area contributed by atoms with Crippen molar-refractivity contribution in [2.45, 2.75) is 31.2 Å². The summed E-state index contributed by atoms with van der Waals surface area (Å²) in [6, 6.07) is 3.25. The van der Waals surface area contributed by atoms with Gasteiger partial charge in [0.1, 0.15) is 5.56 Å². The number of rotatable bonds is 5. The number of ether oxygens (including phenoxy) is 1. The number of carboxylic acids is 1. The van der Waals surface area contributed by atoms with Gasteiger partial charge in [-0.15, -0.1) is 0 Å². The molecule has 0 spiro atoms. The molecule has 102 valence electrons. The molecule has 0 aromatic carbocycles. The van der Waals surface area contributed by atoms with E-state index >= 15 is 0 Å². The van der Waals surface area contributed by atoms with Gasteiger partial charge in [-0.25, -0.2) is 4.98 Å². The largest absolute Gasteiger partial charge is 0.481 e. The molecule has 1 saturated carbocycles. The lowest BCUT2D eigenvalue weighted by Gasteiger charge is -2.41. The van der Waals surface area contributed by atoms with E-state index in [0.717, 1.165) is 6.42 Å². The van der Waals surface area contributed by atoms with E-state index in [4.69, 9.17) is 9.84 Å². The van der Waals surface area contributed by atoms with Gasteiger partial charge >= 0.3 is 5.97 Å². The van der Waals surface area contributed by atoms with Crippen molar-refractivity contribution in [3.63, 3.8) is 0 Å². The monoisotopic (exact) mass is 264 g/mol. The summed E-state index contributed by atoms with van der Waals surface area (Å²) in [6.45, 7) is 0. The Labute approximate surface area is 110 Å². The highest BCUT2D eigenvalue weighted by Gasteiger charge is 2.40. The summed E-state index contributed by atoms with van der Waals surface area (Å²) in [4.78, 5) is 27.0. The number of hydrogen-bond acceptors (Lipinski definition) is 4. The summed E-state index contributed by atoms with van der Waals surface area (Å²) in [5, 5.41) is 11.7. The zero-order chi connectivity index (χ0) is 13.9. The van der Waals surface area contributed by atoms with Gasteiger partial charge in [-0.2, -0.15) is 0 Å². The maximum atomic E-state index is 12.2. The Morgan fingerprint density at radius 1 is 1.53 bits per heavy atom. The van der Waals surface area contributed by atoms with Gasteiger partial charge in [0.25, 0.3) is 5.91 Å². The first-order valence-corrected chi connectivity index (χ1v) is 6.10. The molecular formula is C13H16N2O4. The lowest BCUT2D eigenvalue weighted by atomic mass is 9.74. The molecule has 0 saturated heterocycles. The smallest absolute Gasteiger partial charge is 0.305 e. The molecule has 1 fully saturated rings. The molecule has 2 N–H and O–H groups in total. The topological polar surface area (TPSA) is 88.5 Å². The summed E-state index contributed by atoms with van der Waals surface area (Å²) in [7, 11) is 1.44. The van der Waals surface area contributed by atoms with Gasteiger partial charge in [-0.05, 0) is 31.4 Å². The van der Waals surface area contributed by atoms with Crippen molar-refractivity contribution >= 4 is 11.9 Å². The highest BCUT2D eigenvalue weighted by atomic mass is 16.5. The summed E-state index contributed by atoms with van der Waals surface area (Å²) < 4.78 is 5.03. The maximum Gasteiger partial charge on any atom is 0.305 e. The third kappa shape index (κ3) is 2.83. The minimum absolute atomic E-state index is 0.0542. The second kappa shape index (κ2) is 5.26. The van der Waals surface area contributed by atoms with E-state index in [1.54, 1.807) is 12.1 Å². The van der Waals surface area contributed by atoms with Crippen LogP contribution in [0.1, 0.15) is 36.0 Å². The number of aliphatic carboxylic acids is 1. The number of nitrogens with zero attached hydrogens (tertiary/aromatic N) is 1. The average Bonchev–Trinajstić information content (AvgIpc) is 2.35. The van der Waals surface area contributed by atoms with E-state index < -0.39 is 11.5 Å². The van der Waals surface area contributed by atoms with E-state index in [2.05, 4.69) is 10.3 Å². The first kappa shape index (κ1) is 13.3. The molecule has 6 nitrogen and oxygen atoms in total. The molecule has 0 bridgehead atoms. The third-order valence-corrected chi connectivity index (χ3v) is 3.39. The number of nitrogens with one attached hydrogen (secondary N) is 1. The molecule has 0 unspecified atom stereocenters. The number of methoxy groups -OCH3 is 1. The Morgan fingerprint density at radius 3 is 2.79 bits per heavy atom. The highest BCUT2D eigenvalue weighted by molar-refractivity contribution is 5.97. The number of pyridine rings is 1. The van der Waals surface area contributed by atoms with Crippen LogP contribution in [0.25, 0.3) is 0 Å². The van der Waals surface area contributed by atoms with Gasteiger partial charge in [0.15, 0.2) is 0 Å². The number of carbonyl (C=O) groups excluding carboxylic acids is 1. The Balaban J connectivity index is 2.14. The van der Waals surface area contributed by atoms with E-state index in [-0.39, 0.29) is 18.2 Å². The Bertz CT molecular complexity index is 497. The number of aromatic nitrogens is 1. The lowest BCUT2D eigenvalue weighted by Crippen LogP contribution is -2.54. The average molecular weight is 264 g/mol. The van der Waals surface area contributed by atoms with Crippen LogP contribution in [-0.4, -0.2) is 34.6 Å². The Kier molecular flexibility index (Phi) is 3.69. The van der Waals surface area contributed by atoms with Gasteiger partial charge in [0.2, 0.25) is 5.88 Å². The zero-order valence-corrected chi connectivity index (χ0v) is 10.7. The van der Waals surface area contributed by atoms with Crippen LogP contribution in [-0.2, 0) is 4.79 Å². The number of hydrogen-bond donors (Lipinski definition) is 2. The molecule has 1 heterocycles. The number of carbonyl (C=O) groups is 2. The van der Waals surface area contributed by atoms with Crippen LogP contribution in [0.5, 0.6) is 5.88 Å². The first-order valence-electron chi connectivity index (χ1n) is 6.10. The second-order valence-corrected chi connectivity index (χ2v) is 4.72. The fraction of sp³-hybridized carbons (Fsp3) is 0.462. The van der Waals surface area contributed by atoms with Crippen LogP contribution in [0, 0.1) is 0 Å². The first-order chi connectivity index (χ1) is 9.06. The molecule has 1 aliphatic rings. The quantitative estimate of drug-likeness (QED) is 0.834. The fourth-order valence-corrected chi connectivity index (χ4v) is 2.27. The molecular weight excluding hydrogens is 248 g/mol. The van der Waals surface area contributed by atoms with Crippen LogP contribution in [0.15, 0.2) is 18.3 Å². The molecule has 2 rings (SSSR count). The SMILES string of the molecule is COc1ncccc1C(=O)NC1(CC(=O)O)CCC1. The predicted octanol–water partition coefficient (Wildman–Crippen LogP) is 1.22. The molecule has 0 aliphatic heterocycles. The van der Waals surface area contributed by atoms with Crippen molar-refractivity contribution in [1.29, 1.82) is 0 Å². The zero-order valence-electron chi connectivity index (χ0n) is 10.7. The van der Waals surface area contributed by atoms with Gasteiger partial charge in [0.05, 0.1) is 19.1 Å². The predicted molar refractivity (Wildman–Crippen MR) is 67.1 cm³/mol. The Hall–Kier alpha value is -2.11. The van der Waals surface area contributed by atoms with E-state index in [1.807, 2.05) is 0 Å². The van der Waals surface area contributed by atoms with Crippen molar-refractivity contribution in [2.75, 3.05) is 7.11 Å². The van der Waals surface area contributed by atoms with E-state index in [0.29, 0.717) is 18.4 Å².